The molecule has 1 aliphatic heterocycles. The van der Waals surface area contributed by atoms with E-state index < -0.39 is 6.10 Å². The monoisotopic (exact) mass is 269 g/mol. The molecule has 0 aromatic carbocycles. The van der Waals surface area contributed by atoms with Gasteiger partial charge in [-0.2, -0.15) is 0 Å². The Morgan fingerprint density at radius 1 is 1.67 bits per heavy atom. The van der Waals surface area contributed by atoms with Crippen LogP contribution in [0.4, 0.5) is 5.82 Å². The number of nitrogens with zero attached hydrogens (tertiary/aromatic N) is 2. The summed E-state index contributed by atoms with van der Waals surface area (Å²) in [5, 5.41) is 12.8. The molecule has 1 amide bonds. The molecule has 1 aliphatic rings. The van der Waals surface area contributed by atoms with Gasteiger partial charge in [-0.25, -0.2) is 4.98 Å². The lowest BCUT2D eigenvalue weighted by molar-refractivity contribution is 0.0765. The number of halogens is 1. The SMILES string of the molecule is CCNc1cc(C(=O)N2CCC(O)C2)cc(Cl)n1. The van der Waals surface area contributed by atoms with E-state index in [4.69, 9.17) is 11.6 Å². The molecule has 0 spiro atoms. The zero-order valence-corrected chi connectivity index (χ0v) is 10.9. The number of β-amino-alcohol motifs (C(OH)–C–C–N with tert-alkyl or cyclic N) is 1. The molecule has 2 rings (SSSR count). The van der Waals surface area contributed by atoms with Crippen LogP contribution in [0.5, 0.6) is 0 Å². The maximum absolute atomic E-state index is 12.2. The zero-order chi connectivity index (χ0) is 13.1. The molecule has 5 nitrogen and oxygen atoms in total. The summed E-state index contributed by atoms with van der Waals surface area (Å²) in [5.41, 5.74) is 0.500. The topological polar surface area (TPSA) is 65.5 Å². The second-order valence-corrected chi connectivity index (χ2v) is 4.68. The minimum Gasteiger partial charge on any atom is -0.391 e. The van der Waals surface area contributed by atoms with Crippen LogP contribution in [0, 0.1) is 0 Å². The Kier molecular flexibility index (Phi) is 4.04. The molecule has 1 fully saturated rings. The predicted octanol–water partition coefficient (Wildman–Crippen LogP) is 1.37. The summed E-state index contributed by atoms with van der Waals surface area (Å²) in [7, 11) is 0. The average Bonchev–Trinajstić information content (AvgIpc) is 2.74. The summed E-state index contributed by atoms with van der Waals surface area (Å²) in [6, 6.07) is 3.23. The summed E-state index contributed by atoms with van der Waals surface area (Å²) >= 11 is 5.89. The molecule has 0 bridgehead atoms. The van der Waals surface area contributed by atoms with E-state index in [1.54, 1.807) is 17.0 Å². The number of rotatable bonds is 3. The van der Waals surface area contributed by atoms with Crippen molar-refractivity contribution >= 4 is 23.3 Å². The Bertz CT molecular complexity index is 453. The number of amides is 1. The van der Waals surface area contributed by atoms with Crippen molar-refractivity contribution in [1.82, 2.24) is 9.88 Å². The van der Waals surface area contributed by atoms with Gasteiger partial charge in [0.1, 0.15) is 11.0 Å². The molecule has 18 heavy (non-hydrogen) atoms. The Hall–Kier alpha value is -1.33. The van der Waals surface area contributed by atoms with Crippen LogP contribution in [0.2, 0.25) is 5.15 Å². The van der Waals surface area contributed by atoms with Gasteiger partial charge in [0, 0.05) is 25.2 Å². The first-order valence-electron chi connectivity index (χ1n) is 5.99. The van der Waals surface area contributed by atoms with Crippen LogP contribution in [0.15, 0.2) is 12.1 Å². The van der Waals surface area contributed by atoms with Crippen LogP contribution in [0.25, 0.3) is 0 Å². The highest BCUT2D eigenvalue weighted by atomic mass is 35.5. The molecular weight excluding hydrogens is 254 g/mol. The Labute approximate surface area is 111 Å². The van der Waals surface area contributed by atoms with E-state index in [9.17, 15) is 9.90 Å². The van der Waals surface area contributed by atoms with Crippen LogP contribution >= 0.6 is 11.6 Å². The smallest absolute Gasteiger partial charge is 0.254 e. The van der Waals surface area contributed by atoms with E-state index in [1.165, 1.54) is 0 Å². The third-order valence-electron chi connectivity index (χ3n) is 2.85. The van der Waals surface area contributed by atoms with Crippen molar-refractivity contribution in [2.45, 2.75) is 19.4 Å². The largest absolute Gasteiger partial charge is 0.391 e. The Morgan fingerprint density at radius 2 is 2.44 bits per heavy atom. The fourth-order valence-electron chi connectivity index (χ4n) is 2.00. The van der Waals surface area contributed by atoms with E-state index in [2.05, 4.69) is 10.3 Å². The lowest BCUT2D eigenvalue weighted by atomic mass is 10.2. The minimum atomic E-state index is -0.417. The minimum absolute atomic E-state index is 0.116. The van der Waals surface area contributed by atoms with E-state index in [1.807, 2.05) is 6.92 Å². The average molecular weight is 270 g/mol. The number of carbonyl (C=O) groups is 1. The summed E-state index contributed by atoms with van der Waals surface area (Å²) in [5.74, 6) is 0.475. The van der Waals surface area contributed by atoms with Crippen molar-refractivity contribution in [1.29, 1.82) is 0 Å². The van der Waals surface area contributed by atoms with Gasteiger partial charge in [0.2, 0.25) is 0 Å². The number of aliphatic hydroxyl groups excluding tert-OH is 1. The molecule has 1 unspecified atom stereocenters. The predicted molar refractivity (Wildman–Crippen MR) is 69.9 cm³/mol. The first-order chi connectivity index (χ1) is 8.60. The van der Waals surface area contributed by atoms with Crippen LogP contribution in [-0.4, -0.2) is 46.6 Å². The number of hydrogen-bond acceptors (Lipinski definition) is 4. The molecule has 1 saturated heterocycles. The fraction of sp³-hybridized carbons (Fsp3) is 0.500. The number of anilines is 1. The quantitative estimate of drug-likeness (QED) is 0.814. The van der Waals surface area contributed by atoms with Gasteiger partial charge in [-0.1, -0.05) is 11.6 Å². The molecule has 0 aliphatic carbocycles. The fourth-order valence-corrected chi connectivity index (χ4v) is 2.21. The number of carbonyl (C=O) groups excluding carboxylic acids is 1. The maximum atomic E-state index is 12.2. The molecule has 0 radical (unpaired) electrons. The maximum Gasteiger partial charge on any atom is 0.254 e. The van der Waals surface area contributed by atoms with E-state index >= 15 is 0 Å². The first-order valence-corrected chi connectivity index (χ1v) is 6.36. The molecular formula is C12H16ClN3O2. The second kappa shape index (κ2) is 5.54. The first kappa shape index (κ1) is 13.1. The van der Waals surface area contributed by atoms with Gasteiger partial charge in [-0.3, -0.25) is 4.79 Å². The molecule has 2 heterocycles. The molecule has 98 valence electrons. The normalized spacial score (nSPS) is 19.1. The van der Waals surface area contributed by atoms with Crippen molar-refractivity contribution in [2.75, 3.05) is 25.0 Å². The van der Waals surface area contributed by atoms with Crippen LogP contribution < -0.4 is 5.32 Å². The van der Waals surface area contributed by atoms with Gasteiger partial charge in [0.25, 0.3) is 5.91 Å². The van der Waals surface area contributed by atoms with Crippen LogP contribution in [-0.2, 0) is 0 Å². The van der Waals surface area contributed by atoms with E-state index in [0.717, 1.165) is 0 Å². The number of aliphatic hydroxyl groups is 1. The van der Waals surface area contributed by atoms with Crippen molar-refractivity contribution < 1.29 is 9.90 Å². The Morgan fingerprint density at radius 3 is 3.06 bits per heavy atom. The summed E-state index contributed by atoms with van der Waals surface area (Å²) in [6.45, 7) is 3.62. The van der Waals surface area contributed by atoms with Gasteiger partial charge < -0.3 is 15.3 Å². The molecule has 1 aromatic heterocycles. The third-order valence-corrected chi connectivity index (χ3v) is 3.04. The van der Waals surface area contributed by atoms with Gasteiger partial charge in [0.05, 0.1) is 6.10 Å². The lowest BCUT2D eigenvalue weighted by Gasteiger charge is -2.16. The number of likely N-dealkylation sites (tertiary alicyclic amines) is 1. The number of aromatic nitrogens is 1. The number of pyridine rings is 1. The van der Waals surface area contributed by atoms with Crippen molar-refractivity contribution in [3.8, 4) is 0 Å². The Balaban J connectivity index is 2.19. The number of hydrogen-bond donors (Lipinski definition) is 2. The van der Waals surface area contributed by atoms with Crippen LogP contribution in [0.3, 0.4) is 0 Å². The standard InChI is InChI=1S/C12H16ClN3O2/c1-2-14-11-6-8(5-10(13)15-11)12(18)16-4-3-9(17)7-16/h5-6,9,17H,2-4,7H2,1H3,(H,14,15). The second-order valence-electron chi connectivity index (χ2n) is 4.29. The van der Waals surface area contributed by atoms with Gasteiger partial charge >= 0.3 is 0 Å². The van der Waals surface area contributed by atoms with Gasteiger partial charge in [-0.15, -0.1) is 0 Å². The zero-order valence-electron chi connectivity index (χ0n) is 10.2. The molecule has 0 saturated carbocycles. The highest BCUT2D eigenvalue weighted by Gasteiger charge is 2.25. The molecule has 2 N–H and O–H groups in total. The summed E-state index contributed by atoms with van der Waals surface area (Å²) in [4.78, 5) is 17.9. The number of nitrogens with one attached hydrogen (secondary N) is 1. The summed E-state index contributed by atoms with van der Waals surface area (Å²) < 4.78 is 0. The van der Waals surface area contributed by atoms with Crippen LogP contribution in [0.1, 0.15) is 23.7 Å². The molecule has 1 atom stereocenters. The van der Waals surface area contributed by atoms with E-state index in [-0.39, 0.29) is 11.1 Å². The molecule has 1 aromatic rings. The van der Waals surface area contributed by atoms with E-state index in [0.29, 0.717) is 37.4 Å². The van der Waals surface area contributed by atoms with Crippen molar-refractivity contribution in [3.63, 3.8) is 0 Å². The van der Waals surface area contributed by atoms with Crippen molar-refractivity contribution in [3.05, 3.63) is 22.8 Å². The summed E-state index contributed by atoms with van der Waals surface area (Å²) in [6.07, 6.45) is 0.212. The highest BCUT2D eigenvalue weighted by molar-refractivity contribution is 6.29. The van der Waals surface area contributed by atoms with Gasteiger partial charge in [-0.05, 0) is 25.5 Å². The molecule has 6 heteroatoms. The third kappa shape index (κ3) is 2.91. The lowest BCUT2D eigenvalue weighted by Crippen LogP contribution is -2.29. The highest BCUT2D eigenvalue weighted by Crippen LogP contribution is 2.18. The van der Waals surface area contributed by atoms with Crippen molar-refractivity contribution in [2.24, 2.45) is 0 Å². The van der Waals surface area contributed by atoms with Gasteiger partial charge in [0.15, 0.2) is 0 Å².